The third-order valence-corrected chi connectivity index (χ3v) is 7.42. The highest BCUT2D eigenvalue weighted by atomic mass is 32.2. The second-order valence-corrected chi connectivity index (χ2v) is 10.1. The van der Waals surface area contributed by atoms with Gasteiger partial charge in [-0.15, -0.1) is 0 Å². The van der Waals surface area contributed by atoms with E-state index < -0.39 is 15.7 Å². The molecule has 4 heterocycles. The fourth-order valence-corrected chi connectivity index (χ4v) is 5.20. The van der Waals surface area contributed by atoms with Gasteiger partial charge in [-0.1, -0.05) is 6.07 Å². The van der Waals surface area contributed by atoms with Crippen LogP contribution in [0, 0.1) is 11.3 Å². The van der Waals surface area contributed by atoms with Crippen LogP contribution < -0.4 is 15.2 Å². The highest BCUT2D eigenvalue weighted by Gasteiger charge is 2.28. The molecule has 13 heteroatoms. The smallest absolute Gasteiger partial charge is 0.252 e. The van der Waals surface area contributed by atoms with Gasteiger partial charge in [0.2, 0.25) is 15.7 Å². The minimum atomic E-state index is -4.34. The zero-order valence-electron chi connectivity index (χ0n) is 19.8. The van der Waals surface area contributed by atoms with Crippen molar-refractivity contribution in [2.45, 2.75) is 15.9 Å². The van der Waals surface area contributed by atoms with Crippen molar-refractivity contribution in [2.75, 3.05) is 26.4 Å². The van der Waals surface area contributed by atoms with Crippen molar-refractivity contribution in [3.63, 3.8) is 0 Å². The minimum absolute atomic E-state index is 0.0473. The molecular formula is C25H21N5O7S. The number of aromatic nitrogens is 3. The van der Waals surface area contributed by atoms with E-state index in [1.54, 1.807) is 18.3 Å². The summed E-state index contributed by atoms with van der Waals surface area (Å²) in [6, 6.07) is 10.4. The van der Waals surface area contributed by atoms with Crippen molar-refractivity contribution >= 4 is 26.8 Å². The van der Waals surface area contributed by atoms with Gasteiger partial charge in [-0.05, 0) is 30.3 Å². The number of benzene rings is 1. The standard InChI is InChI=1S/C25H21N5O7S/c26-10-16-9-19(12-30-25(16)36-14-18-13-34-6-7-35-18)38(32,33)21-3-1-2-20(23(27)31)22(21)37-17-8-15-4-5-28-24(15)29-11-17/h1-5,8-9,11-12,18H,6-7,13-14H2,(H2,27,31)(H,28,29). The van der Waals surface area contributed by atoms with Crippen LogP contribution in [-0.2, 0) is 19.3 Å². The number of hydrogen-bond acceptors (Lipinski definition) is 10. The van der Waals surface area contributed by atoms with Gasteiger partial charge in [0.1, 0.15) is 40.6 Å². The van der Waals surface area contributed by atoms with Gasteiger partial charge in [0.15, 0.2) is 5.75 Å². The molecule has 38 heavy (non-hydrogen) atoms. The third kappa shape index (κ3) is 5.00. The Morgan fingerprint density at radius 3 is 2.84 bits per heavy atom. The SMILES string of the molecule is N#Cc1cc(S(=O)(=O)c2cccc(C(N)=O)c2Oc2cnc3[nH]ccc3c2)cnc1OCC1COCCO1. The van der Waals surface area contributed by atoms with E-state index in [1.165, 1.54) is 24.4 Å². The van der Waals surface area contributed by atoms with E-state index >= 15 is 0 Å². The van der Waals surface area contributed by atoms with Gasteiger partial charge < -0.3 is 29.7 Å². The molecule has 1 unspecified atom stereocenters. The van der Waals surface area contributed by atoms with Gasteiger partial charge in [-0.2, -0.15) is 5.26 Å². The first kappa shape index (κ1) is 25.2. The van der Waals surface area contributed by atoms with Crippen LogP contribution in [0.15, 0.2) is 64.8 Å². The number of fused-ring (bicyclic) bond motifs is 1. The lowest BCUT2D eigenvalue weighted by molar-refractivity contribution is -0.102. The lowest BCUT2D eigenvalue weighted by Crippen LogP contribution is -2.33. The van der Waals surface area contributed by atoms with Crippen LogP contribution >= 0.6 is 0 Å². The number of carbonyl (C=O) groups is 1. The molecule has 12 nitrogen and oxygen atoms in total. The Kier molecular flexibility index (Phi) is 6.93. The third-order valence-electron chi connectivity index (χ3n) is 5.68. The summed E-state index contributed by atoms with van der Waals surface area (Å²) in [5.74, 6) is -1.02. The molecule has 0 saturated carbocycles. The van der Waals surface area contributed by atoms with E-state index in [1.807, 2.05) is 6.07 Å². The van der Waals surface area contributed by atoms with Gasteiger partial charge in [0.25, 0.3) is 5.91 Å². The summed E-state index contributed by atoms with van der Waals surface area (Å²) in [5, 5.41) is 10.4. The molecule has 1 saturated heterocycles. The summed E-state index contributed by atoms with van der Waals surface area (Å²) >= 11 is 0. The number of amides is 1. The number of hydrogen-bond donors (Lipinski definition) is 2. The van der Waals surface area contributed by atoms with Crippen LogP contribution in [0.1, 0.15) is 15.9 Å². The van der Waals surface area contributed by atoms with Crippen LogP contribution in [0.25, 0.3) is 11.0 Å². The molecule has 5 rings (SSSR count). The van der Waals surface area contributed by atoms with Gasteiger partial charge >= 0.3 is 0 Å². The highest BCUT2D eigenvalue weighted by molar-refractivity contribution is 7.91. The van der Waals surface area contributed by atoms with E-state index in [-0.39, 0.29) is 51.0 Å². The molecule has 1 aliphatic heterocycles. The van der Waals surface area contributed by atoms with Crippen LogP contribution in [0.3, 0.4) is 0 Å². The monoisotopic (exact) mass is 535 g/mol. The maximum absolute atomic E-state index is 13.7. The number of para-hydroxylation sites is 1. The Morgan fingerprint density at radius 2 is 2.08 bits per heavy atom. The molecule has 3 N–H and O–H groups in total. The van der Waals surface area contributed by atoms with Gasteiger partial charge in [-0.25, -0.2) is 18.4 Å². The molecule has 1 fully saturated rings. The number of carbonyl (C=O) groups excluding carboxylic acids is 1. The molecule has 4 aromatic rings. The summed E-state index contributed by atoms with van der Waals surface area (Å²) in [6.07, 6.45) is 3.81. The molecule has 1 aromatic carbocycles. The molecule has 1 atom stereocenters. The average Bonchev–Trinajstić information content (AvgIpc) is 3.40. The van der Waals surface area contributed by atoms with Crippen molar-refractivity contribution in [3.05, 3.63) is 66.1 Å². The predicted molar refractivity (Wildman–Crippen MR) is 132 cm³/mol. The normalized spacial score (nSPS) is 15.6. The van der Waals surface area contributed by atoms with E-state index in [0.717, 1.165) is 12.3 Å². The number of H-pyrrole nitrogens is 1. The van der Waals surface area contributed by atoms with Crippen LogP contribution in [0.2, 0.25) is 0 Å². The first-order valence-electron chi connectivity index (χ1n) is 11.4. The Morgan fingerprint density at radius 1 is 1.21 bits per heavy atom. The van der Waals surface area contributed by atoms with Crippen molar-refractivity contribution in [1.82, 2.24) is 15.0 Å². The van der Waals surface area contributed by atoms with E-state index in [2.05, 4.69) is 15.0 Å². The molecule has 1 amide bonds. The van der Waals surface area contributed by atoms with Gasteiger partial charge in [-0.3, -0.25) is 4.79 Å². The van der Waals surface area contributed by atoms with Crippen LogP contribution in [0.4, 0.5) is 0 Å². The van der Waals surface area contributed by atoms with Crippen LogP contribution in [0.5, 0.6) is 17.4 Å². The summed E-state index contributed by atoms with van der Waals surface area (Å²) < 4.78 is 49.7. The van der Waals surface area contributed by atoms with E-state index in [0.29, 0.717) is 30.9 Å². The minimum Gasteiger partial charge on any atom is -0.474 e. The molecule has 194 valence electrons. The lowest BCUT2D eigenvalue weighted by Gasteiger charge is -2.22. The Labute approximate surface area is 216 Å². The number of nitrogens with two attached hydrogens (primary N) is 1. The molecule has 1 aliphatic rings. The Balaban J connectivity index is 1.50. The maximum atomic E-state index is 13.7. The number of sulfone groups is 1. The molecular weight excluding hydrogens is 514 g/mol. The fourth-order valence-electron chi connectivity index (χ4n) is 3.83. The van der Waals surface area contributed by atoms with E-state index in [4.69, 9.17) is 24.7 Å². The average molecular weight is 536 g/mol. The fraction of sp³-hybridized carbons (Fsp3) is 0.200. The number of aromatic amines is 1. The molecule has 0 bridgehead atoms. The summed E-state index contributed by atoms with van der Waals surface area (Å²) in [5.41, 5.74) is 5.88. The Hall–Kier alpha value is -4.51. The van der Waals surface area contributed by atoms with Crippen molar-refractivity contribution < 1.29 is 32.2 Å². The zero-order valence-corrected chi connectivity index (χ0v) is 20.6. The number of ether oxygens (including phenoxy) is 4. The second kappa shape index (κ2) is 10.5. The van der Waals surface area contributed by atoms with Crippen molar-refractivity contribution in [1.29, 1.82) is 5.26 Å². The Bertz CT molecular complexity index is 1660. The molecule has 3 aromatic heterocycles. The highest BCUT2D eigenvalue weighted by Crippen LogP contribution is 2.36. The van der Waals surface area contributed by atoms with Crippen molar-refractivity contribution in [2.24, 2.45) is 5.73 Å². The van der Waals surface area contributed by atoms with Gasteiger partial charge in [0.05, 0.1) is 42.7 Å². The molecule has 0 radical (unpaired) electrons. The summed E-state index contributed by atoms with van der Waals surface area (Å²) in [4.78, 5) is 22.8. The van der Waals surface area contributed by atoms with E-state index in [9.17, 15) is 18.5 Å². The number of nitrogens with zero attached hydrogens (tertiary/aromatic N) is 3. The summed E-state index contributed by atoms with van der Waals surface area (Å²) in [7, 11) is -4.34. The number of rotatable bonds is 8. The topological polar surface area (TPSA) is 180 Å². The summed E-state index contributed by atoms with van der Waals surface area (Å²) in [6.45, 7) is 1.32. The number of pyridine rings is 2. The second-order valence-electron chi connectivity index (χ2n) is 8.20. The first-order valence-corrected chi connectivity index (χ1v) is 12.9. The van der Waals surface area contributed by atoms with Gasteiger partial charge in [0, 0.05) is 11.6 Å². The largest absolute Gasteiger partial charge is 0.474 e. The number of nitrogens with one attached hydrogen (secondary N) is 1. The quantitative estimate of drug-likeness (QED) is 0.340. The first-order chi connectivity index (χ1) is 18.4. The lowest BCUT2D eigenvalue weighted by atomic mass is 10.2. The van der Waals surface area contributed by atoms with Crippen LogP contribution in [-0.4, -0.2) is 61.8 Å². The molecule has 0 spiro atoms. The number of primary amides is 1. The predicted octanol–water partition coefficient (Wildman–Crippen LogP) is 2.35. The number of nitriles is 1. The zero-order chi connectivity index (χ0) is 26.7. The molecule has 0 aliphatic carbocycles. The maximum Gasteiger partial charge on any atom is 0.252 e. The van der Waals surface area contributed by atoms with Crippen molar-refractivity contribution in [3.8, 4) is 23.4 Å².